The number of hydrogen-bond donors (Lipinski definition) is 0. The number of hydrogen-bond acceptors (Lipinski definition) is 1. The van der Waals surface area contributed by atoms with E-state index in [0.717, 1.165) is 12.0 Å². The Kier molecular flexibility index (Phi) is 5.31. The summed E-state index contributed by atoms with van der Waals surface area (Å²) in [5.74, 6) is 0.0397. The molecule has 0 atom stereocenters. The SMILES string of the molecule is C=C/C(=C\C=C(/C)c1ccccc1CC)C(C)=O. The Morgan fingerprint density at radius 3 is 2.44 bits per heavy atom. The number of aryl methyl sites for hydroxylation is 1. The molecule has 1 aromatic rings. The van der Waals surface area contributed by atoms with Gasteiger partial charge in [-0.15, -0.1) is 0 Å². The summed E-state index contributed by atoms with van der Waals surface area (Å²) in [5, 5.41) is 0. The van der Waals surface area contributed by atoms with Crippen LogP contribution in [-0.2, 0) is 11.2 Å². The van der Waals surface area contributed by atoms with Gasteiger partial charge in [0.15, 0.2) is 5.78 Å². The van der Waals surface area contributed by atoms with Crippen LogP contribution in [0.1, 0.15) is 31.9 Å². The number of rotatable bonds is 5. The van der Waals surface area contributed by atoms with Gasteiger partial charge in [0.1, 0.15) is 0 Å². The van der Waals surface area contributed by atoms with Gasteiger partial charge in [0.25, 0.3) is 0 Å². The first-order chi connectivity index (χ1) is 8.60. The van der Waals surface area contributed by atoms with Crippen LogP contribution in [0.4, 0.5) is 0 Å². The van der Waals surface area contributed by atoms with Crippen LogP contribution in [0.25, 0.3) is 5.57 Å². The van der Waals surface area contributed by atoms with Gasteiger partial charge in [0, 0.05) is 5.57 Å². The Labute approximate surface area is 110 Å². The normalized spacial score (nSPS) is 12.4. The van der Waals surface area contributed by atoms with Crippen LogP contribution < -0.4 is 0 Å². The lowest BCUT2D eigenvalue weighted by Gasteiger charge is -2.07. The number of Topliss-reactive ketones (excluding diaryl/α,β-unsaturated/α-hetero) is 1. The van der Waals surface area contributed by atoms with Crippen LogP contribution in [0, 0.1) is 0 Å². The standard InChI is InChI=1S/C17H20O/c1-5-15(14(4)18)12-11-13(3)17-10-8-7-9-16(17)6-2/h5,7-12H,1,6H2,2-4H3/b13-11+,15-12+. The molecule has 0 bridgehead atoms. The van der Waals surface area contributed by atoms with Crippen molar-refractivity contribution < 1.29 is 4.79 Å². The molecule has 0 unspecified atom stereocenters. The molecule has 0 aliphatic carbocycles. The van der Waals surface area contributed by atoms with Crippen molar-refractivity contribution in [3.63, 3.8) is 0 Å². The minimum atomic E-state index is 0.0397. The summed E-state index contributed by atoms with van der Waals surface area (Å²) in [7, 11) is 0. The summed E-state index contributed by atoms with van der Waals surface area (Å²) < 4.78 is 0. The zero-order valence-corrected chi connectivity index (χ0v) is 11.4. The number of carbonyl (C=O) groups is 1. The van der Waals surface area contributed by atoms with Gasteiger partial charge >= 0.3 is 0 Å². The Bertz CT molecular complexity index is 504. The lowest BCUT2D eigenvalue weighted by molar-refractivity contribution is -0.113. The van der Waals surface area contributed by atoms with E-state index < -0.39 is 0 Å². The van der Waals surface area contributed by atoms with Crippen molar-refractivity contribution in [1.82, 2.24) is 0 Å². The molecule has 18 heavy (non-hydrogen) atoms. The summed E-state index contributed by atoms with van der Waals surface area (Å²) in [5.41, 5.74) is 4.36. The molecule has 0 heterocycles. The van der Waals surface area contributed by atoms with E-state index in [4.69, 9.17) is 0 Å². The molecule has 1 heteroatoms. The fourth-order valence-electron chi connectivity index (χ4n) is 1.85. The van der Waals surface area contributed by atoms with Gasteiger partial charge in [-0.2, -0.15) is 0 Å². The number of benzene rings is 1. The van der Waals surface area contributed by atoms with Crippen LogP contribution in [0.5, 0.6) is 0 Å². The Morgan fingerprint density at radius 1 is 1.22 bits per heavy atom. The average Bonchev–Trinajstić information content (AvgIpc) is 2.38. The second kappa shape index (κ2) is 6.75. The molecule has 0 spiro atoms. The first kappa shape index (κ1) is 14.2. The van der Waals surface area contributed by atoms with Gasteiger partial charge < -0.3 is 0 Å². The summed E-state index contributed by atoms with van der Waals surface area (Å²) >= 11 is 0. The number of ketones is 1. The predicted molar refractivity (Wildman–Crippen MR) is 78.4 cm³/mol. The third-order valence-electron chi connectivity index (χ3n) is 2.96. The molecule has 0 aromatic heterocycles. The fraction of sp³-hybridized carbons (Fsp3) is 0.235. The molecule has 0 saturated carbocycles. The molecule has 1 aromatic carbocycles. The molecule has 1 nitrogen and oxygen atoms in total. The first-order valence-electron chi connectivity index (χ1n) is 6.20. The third kappa shape index (κ3) is 3.56. The van der Waals surface area contributed by atoms with Crippen molar-refractivity contribution in [2.24, 2.45) is 0 Å². The molecule has 0 aliphatic rings. The van der Waals surface area contributed by atoms with Crippen molar-refractivity contribution in [2.75, 3.05) is 0 Å². The van der Waals surface area contributed by atoms with E-state index >= 15 is 0 Å². The van der Waals surface area contributed by atoms with E-state index in [1.54, 1.807) is 13.0 Å². The molecular formula is C17H20O. The van der Waals surface area contributed by atoms with Crippen molar-refractivity contribution in [3.05, 3.63) is 65.8 Å². The van der Waals surface area contributed by atoms with Crippen LogP contribution in [0.2, 0.25) is 0 Å². The van der Waals surface area contributed by atoms with E-state index in [-0.39, 0.29) is 5.78 Å². The minimum absolute atomic E-state index is 0.0397. The molecule has 0 fully saturated rings. The Hall–Kier alpha value is -1.89. The monoisotopic (exact) mass is 240 g/mol. The van der Waals surface area contributed by atoms with Crippen LogP contribution >= 0.6 is 0 Å². The molecule has 0 radical (unpaired) electrons. The van der Waals surface area contributed by atoms with Crippen LogP contribution in [-0.4, -0.2) is 5.78 Å². The van der Waals surface area contributed by atoms with E-state index in [1.165, 1.54) is 11.1 Å². The smallest absolute Gasteiger partial charge is 0.159 e. The van der Waals surface area contributed by atoms with Gasteiger partial charge in [0.05, 0.1) is 0 Å². The molecule has 0 amide bonds. The molecule has 0 aliphatic heterocycles. The van der Waals surface area contributed by atoms with Gasteiger partial charge in [-0.1, -0.05) is 56.0 Å². The highest BCUT2D eigenvalue weighted by Crippen LogP contribution is 2.19. The maximum atomic E-state index is 11.3. The van der Waals surface area contributed by atoms with Crippen molar-refractivity contribution in [2.45, 2.75) is 27.2 Å². The number of allylic oxidation sites excluding steroid dienone is 5. The van der Waals surface area contributed by atoms with Gasteiger partial charge in [0.2, 0.25) is 0 Å². The third-order valence-corrected chi connectivity index (χ3v) is 2.96. The summed E-state index contributed by atoms with van der Waals surface area (Å²) in [6, 6.07) is 8.33. The Morgan fingerprint density at radius 2 is 1.89 bits per heavy atom. The van der Waals surface area contributed by atoms with Gasteiger partial charge in [-0.3, -0.25) is 4.79 Å². The van der Waals surface area contributed by atoms with Crippen LogP contribution in [0.15, 0.2) is 54.6 Å². The molecule has 0 saturated heterocycles. The average molecular weight is 240 g/mol. The van der Waals surface area contributed by atoms with Gasteiger partial charge in [-0.05, 0) is 37.0 Å². The fourth-order valence-corrected chi connectivity index (χ4v) is 1.85. The molecule has 94 valence electrons. The van der Waals surface area contributed by atoms with E-state index in [2.05, 4.69) is 38.6 Å². The second-order valence-corrected chi connectivity index (χ2v) is 4.24. The Balaban J connectivity index is 3.10. The van der Waals surface area contributed by atoms with Crippen molar-refractivity contribution in [3.8, 4) is 0 Å². The highest BCUT2D eigenvalue weighted by molar-refractivity contribution is 5.96. The highest BCUT2D eigenvalue weighted by atomic mass is 16.1. The molecule has 1 rings (SSSR count). The maximum Gasteiger partial charge on any atom is 0.159 e. The molecule has 0 N–H and O–H groups in total. The van der Waals surface area contributed by atoms with Crippen molar-refractivity contribution in [1.29, 1.82) is 0 Å². The maximum absolute atomic E-state index is 11.3. The summed E-state index contributed by atoms with van der Waals surface area (Å²) in [4.78, 5) is 11.3. The quantitative estimate of drug-likeness (QED) is 0.552. The topological polar surface area (TPSA) is 17.1 Å². The zero-order chi connectivity index (χ0) is 13.5. The van der Waals surface area contributed by atoms with Crippen LogP contribution in [0.3, 0.4) is 0 Å². The lowest BCUT2D eigenvalue weighted by atomic mass is 9.98. The number of carbonyl (C=O) groups excluding carboxylic acids is 1. The van der Waals surface area contributed by atoms with Gasteiger partial charge in [-0.25, -0.2) is 0 Å². The van der Waals surface area contributed by atoms with Crippen molar-refractivity contribution >= 4 is 11.4 Å². The zero-order valence-electron chi connectivity index (χ0n) is 11.4. The molecular weight excluding hydrogens is 220 g/mol. The summed E-state index contributed by atoms with van der Waals surface area (Å²) in [6.45, 7) is 9.41. The van der Waals surface area contributed by atoms with E-state index in [1.807, 2.05) is 18.2 Å². The largest absolute Gasteiger partial charge is 0.295 e. The highest BCUT2D eigenvalue weighted by Gasteiger charge is 2.01. The first-order valence-corrected chi connectivity index (χ1v) is 6.20. The second-order valence-electron chi connectivity index (χ2n) is 4.24. The van der Waals surface area contributed by atoms with E-state index in [0.29, 0.717) is 5.57 Å². The van der Waals surface area contributed by atoms with E-state index in [9.17, 15) is 4.79 Å². The predicted octanol–water partition coefficient (Wildman–Crippen LogP) is 4.35. The summed E-state index contributed by atoms with van der Waals surface area (Å²) in [6.07, 6.45) is 6.41. The minimum Gasteiger partial charge on any atom is -0.295 e. The lowest BCUT2D eigenvalue weighted by Crippen LogP contribution is -1.92.